The molecular formula is C19H18FN3O2. The van der Waals surface area contributed by atoms with Crippen LogP contribution in [0.1, 0.15) is 29.2 Å². The van der Waals surface area contributed by atoms with Crippen molar-refractivity contribution in [1.29, 1.82) is 5.26 Å². The quantitative estimate of drug-likeness (QED) is 0.898. The fourth-order valence-corrected chi connectivity index (χ4v) is 3.27. The summed E-state index contributed by atoms with van der Waals surface area (Å²) in [6.45, 7) is 0.00846. The lowest BCUT2D eigenvalue weighted by Gasteiger charge is -2.29. The molecular weight excluding hydrogens is 321 g/mol. The standard InChI is InChI=1S/C19H18FN3O2/c20-15-6-7-17(14(11-15)12-21)22-19(25)23(9-10-24)18-8-5-13-3-1-2-4-16(13)18/h1-4,6-7,11,18,24H,5,8-10H2,(H,22,25)/t18-/m0/s1. The van der Waals surface area contributed by atoms with E-state index in [4.69, 9.17) is 5.26 Å². The molecule has 1 atom stereocenters. The van der Waals surface area contributed by atoms with Crippen LogP contribution in [0.5, 0.6) is 0 Å². The van der Waals surface area contributed by atoms with E-state index in [0.29, 0.717) is 0 Å². The maximum absolute atomic E-state index is 13.3. The zero-order chi connectivity index (χ0) is 17.8. The number of amides is 2. The Morgan fingerprint density at radius 3 is 2.92 bits per heavy atom. The van der Waals surface area contributed by atoms with Crippen LogP contribution in [0.4, 0.5) is 14.9 Å². The second-order valence-electron chi connectivity index (χ2n) is 5.90. The Balaban J connectivity index is 1.85. The molecule has 25 heavy (non-hydrogen) atoms. The highest BCUT2D eigenvalue weighted by Crippen LogP contribution is 2.35. The molecule has 2 N–H and O–H groups in total. The summed E-state index contributed by atoms with van der Waals surface area (Å²) in [7, 11) is 0. The Bertz CT molecular complexity index is 832. The first kappa shape index (κ1) is 16.9. The number of carbonyl (C=O) groups is 1. The number of nitrogens with one attached hydrogen (secondary N) is 1. The number of hydrogen-bond acceptors (Lipinski definition) is 3. The number of urea groups is 1. The molecule has 128 valence electrons. The molecule has 2 amide bonds. The summed E-state index contributed by atoms with van der Waals surface area (Å²) in [4.78, 5) is 14.3. The Morgan fingerprint density at radius 1 is 1.36 bits per heavy atom. The number of nitriles is 1. The first-order valence-corrected chi connectivity index (χ1v) is 8.10. The average molecular weight is 339 g/mol. The minimum atomic E-state index is -0.536. The summed E-state index contributed by atoms with van der Waals surface area (Å²) < 4.78 is 13.3. The average Bonchev–Trinajstić information content (AvgIpc) is 3.04. The number of aryl methyl sites for hydroxylation is 1. The van der Waals surface area contributed by atoms with Gasteiger partial charge in [0.1, 0.15) is 11.9 Å². The van der Waals surface area contributed by atoms with Gasteiger partial charge in [-0.3, -0.25) is 0 Å². The monoisotopic (exact) mass is 339 g/mol. The number of halogens is 1. The van der Waals surface area contributed by atoms with E-state index in [1.54, 1.807) is 4.90 Å². The molecule has 1 aliphatic rings. The molecule has 6 heteroatoms. The Morgan fingerprint density at radius 2 is 2.16 bits per heavy atom. The minimum absolute atomic E-state index is 0.0594. The largest absolute Gasteiger partial charge is 0.395 e. The van der Waals surface area contributed by atoms with Gasteiger partial charge in [0.2, 0.25) is 0 Å². The maximum Gasteiger partial charge on any atom is 0.322 e. The van der Waals surface area contributed by atoms with Gasteiger partial charge < -0.3 is 15.3 Å². The fourth-order valence-electron chi connectivity index (χ4n) is 3.27. The summed E-state index contributed by atoms with van der Waals surface area (Å²) in [5, 5.41) is 21.2. The van der Waals surface area contributed by atoms with Crippen molar-refractivity contribution in [3.05, 3.63) is 65.0 Å². The van der Waals surface area contributed by atoms with Crippen molar-refractivity contribution < 1.29 is 14.3 Å². The molecule has 0 spiro atoms. The Hall–Kier alpha value is -2.91. The van der Waals surface area contributed by atoms with Crippen LogP contribution in [0.3, 0.4) is 0 Å². The summed E-state index contributed by atoms with van der Waals surface area (Å²) >= 11 is 0. The van der Waals surface area contributed by atoms with Crippen molar-refractivity contribution >= 4 is 11.7 Å². The first-order valence-electron chi connectivity index (χ1n) is 8.10. The first-order chi connectivity index (χ1) is 12.1. The van der Waals surface area contributed by atoms with E-state index in [0.717, 1.165) is 24.5 Å². The number of benzene rings is 2. The molecule has 3 rings (SSSR count). The molecule has 0 aliphatic heterocycles. The minimum Gasteiger partial charge on any atom is -0.395 e. The van der Waals surface area contributed by atoms with Gasteiger partial charge in [-0.15, -0.1) is 0 Å². The molecule has 5 nitrogen and oxygen atoms in total. The van der Waals surface area contributed by atoms with Crippen LogP contribution in [0, 0.1) is 17.1 Å². The van der Waals surface area contributed by atoms with Gasteiger partial charge in [0.15, 0.2) is 0 Å². The lowest BCUT2D eigenvalue weighted by molar-refractivity contribution is 0.162. The molecule has 0 aromatic heterocycles. The van der Waals surface area contributed by atoms with Crippen molar-refractivity contribution in [2.45, 2.75) is 18.9 Å². The number of fused-ring (bicyclic) bond motifs is 1. The number of hydrogen-bond donors (Lipinski definition) is 2. The Kier molecular flexibility index (Phi) is 4.96. The van der Waals surface area contributed by atoms with E-state index < -0.39 is 11.8 Å². The van der Waals surface area contributed by atoms with Crippen molar-refractivity contribution in [3.63, 3.8) is 0 Å². The topological polar surface area (TPSA) is 76.4 Å². The van der Waals surface area contributed by atoms with Gasteiger partial charge in [0.25, 0.3) is 0 Å². The van der Waals surface area contributed by atoms with Gasteiger partial charge in [0, 0.05) is 6.54 Å². The molecule has 1 aliphatic carbocycles. The van der Waals surface area contributed by atoms with Crippen molar-refractivity contribution in [2.24, 2.45) is 0 Å². The summed E-state index contributed by atoms with van der Waals surface area (Å²) in [6, 6.07) is 12.9. The fraction of sp³-hybridized carbons (Fsp3) is 0.263. The molecule has 0 radical (unpaired) electrons. The van der Waals surface area contributed by atoms with E-state index >= 15 is 0 Å². The van der Waals surface area contributed by atoms with Crippen LogP contribution in [0.15, 0.2) is 42.5 Å². The van der Waals surface area contributed by atoms with Crippen LogP contribution in [-0.4, -0.2) is 29.2 Å². The summed E-state index contributed by atoms with van der Waals surface area (Å²) in [6.07, 6.45) is 1.65. The molecule has 0 heterocycles. The molecule has 0 unspecified atom stereocenters. The normalized spacial score (nSPS) is 15.3. The molecule has 0 saturated carbocycles. The van der Waals surface area contributed by atoms with Crippen LogP contribution >= 0.6 is 0 Å². The molecule has 2 aromatic rings. The van der Waals surface area contributed by atoms with Crippen LogP contribution in [0.25, 0.3) is 0 Å². The van der Waals surface area contributed by atoms with E-state index in [-0.39, 0.29) is 30.4 Å². The van der Waals surface area contributed by atoms with Gasteiger partial charge >= 0.3 is 6.03 Å². The molecule has 0 saturated heterocycles. The number of aliphatic hydroxyl groups is 1. The van der Waals surface area contributed by atoms with E-state index in [1.807, 2.05) is 30.3 Å². The van der Waals surface area contributed by atoms with Crippen molar-refractivity contribution in [2.75, 3.05) is 18.5 Å². The third-order valence-electron chi connectivity index (χ3n) is 4.42. The second kappa shape index (κ2) is 7.32. The van der Waals surface area contributed by atoms with Gasteiger partial charge in [-0.05, 0) is 42.2 Å². The predicted molar refractivity (Wildman–Crippen MR) is 91.4 cm³/mol. The molecule has 2 aromatic carbocycles. The molecule has 0 bridgehead atoms. The zero-order valence-corrected chi connectivity index (χ0v) is 13.6. The van der Waals surface area contributed by atoms with Gasteiger partial charge in [0.05, 0.1) is 23.9 Å². The lowest BCUT2D eigenvalue weighted by atomic mass is 10.1. The number of aliphatic hydroxyl groups excluding tert-OH is 1. The molecule has 0 fully saturated rings. The van der Waals surface area contributed by atoms with Crippen molar-refractivity contribution in [1.82, 2.24) is 4.90 Å². The van der Waals surface area contributed by atoms with Crippen LogP contribution in [-0.2, 0) is 6.42 Å². The van der Waals surface area contributed by atoms with Gasteiger partial charge in [-0.25, -0.2) is 9.18 Å². The van der Waals surface area contributed by atoms with E-state index in [9.17, 15) is 14.3 Å². The number of carbonyl (C=O) groups excluding carboxylic acids is 1. The maximum atomic E-state index is 13.3. The van der Waals surface area contributed by atoms with Crippen molar-refractivity contribution in [3.8, 4) is 6.07 Å². The summed E-state index contributed by atoms with van der Waals surface area (Å²) in [5.74, 6) is -0.536. The highest BCUT2D eigenvalue weighted by atomic mass is 19.1. The van der Waals surface area contributed by atoms with Gasteiger partial charge in [-0.2, -0.15) is 5.26 Å². The zero-order valence-electron chi connectivity index (χ0n) is 13.6. The lowest BCUT2D eigenvalue weighted by Crippen LogP contribution is -2.39. The third kappa shape index (κ3) is 3.47. The number of rotatable bonds is 4. The Labute approximate surface area is 145 Å². The predicted octanol–water partition coefficient (Wildman–Crippen LogP) is 3.21. The van der Waals surface area contributed by atoms with Crippen LogP contribution < -0.4 is 5.32 Å². The van der Waals surface area contributed by atoms with E-state index in [2.05, 4.69) is 5.32 Å². The van der Waals surface area contributed by atoms with E-state index in [1.165, 1.54) is 17.7 Å². The van der Waals surface area contributed by atoms with Gasteiger partial charge in [-0.1, -0.05) is 24.3 Å². The third-order valence-corrected chi connectivity index (χ3v) is 4.42. The number of anilines is 1. The number of nitrogens with zero attached hydrogens (tertiary/aromatic N) is 2. The summed E-state index contributed by atoms with van der Waals surface area (Å²) in [5.41, 5.74) is 2.58. The second-order valence-corrected chi connectivity index (χ2v) is 5.90. The smallest absolute Gasteiger partial charge is 0.322 e. The SMILES string of the molecule is N#Cc1cc(F)ccc1NC(=O)N(CCO)[C@H]1CCc2ccccc21. The highest BCUT2D eigenvalue weighted by Gasteiger charge is 2.30. The highest BCUT2D eigenvalue weighted by molar-refractivity contribution is 5.91. The van der Waals surface area contributed by atoms with Crippen LogP contribution in [0.2, 0.25) is 0 Å².